The van der Waals surface area contributed by atoms with Crippen molar-refractivity contribution in [3.05, 3.63) is 24.5 Å². The molecule has 0 radical (unpaired) electrons. The van der Waals surface area contributed by atoms with Gasteiger partial charge in [-0.2, -0.15) is 11.8 Å². The van der Waals surface area contributed by atoms with E-state index in [1.165, 1.54) is 0 Å². The van der Waals surface area contributed by atoms with Crippen LogP contribution in [0.25, 0.3) is 0 Å². The number of anilines is 1. The number of aromatic nitrogens is 1. The second kappa shape index (κ2) is 5.02. The van der Waals surface area contributed by atoms with Gasteiger partial charge in [0, 0.05) is 30.8 Å². The number of amides is 2. The molecule has 0 aliphatic carbocycles. The summed E-state index contributed by atoms with van der Waals surface area (Å²) in [6.07, 6.45) is 3.34. The average molecular weight is 223 g/mol. The topological polar surface area (TPSA) is 45.2 Å². The largest absolute Gasteiger partial charge is 0.323 e. The highest BCUT2D eigenvalue weighted by atomic mass is 32.2. The normalized spacial score (nSPS) is 16.1. The van der Waals surface area contributed by atoms with Gasteiger partial charge in [-0.1, -0.05) is 0 Å². The van der Waals surface area contributed by atoms with E-state index in [0.717, 1.165) is 30.3 Å². The number of urea groups is 1. The summed E-state index contributed by atoms with van der Waals surface area (Å²) in [5, 5.41) is 2.83. The van der Waals surface area contributed by atoms with Crippen LogP contribution in [0.15, 0.2) is 24.5 Å². The van der Waals surface area contributed by atoms with Gasteiger partial charge in [-0.3, -0.25) is 4.98 Å². The molecule has 1 aromatic rings. The number of pyridine rings is 1. The summed E-state index contributed by atoms with van der Waals surface area (Å²) in [5.41, 5.74) is 0.751. The first-order valence-corrected chi connectivity index (χ1v) is 6.05. The lowest BCUT2D eigenvalue weighted by molar-refractivity contribution is 0.217. The molecule has 1 saturated heterocycles. The minimum atomic E-state index is -0.0247. The number of nitrogens with zero attached hydrogens (tertiary/aromatic N) is 2. The first-order valence-electron chi connectivity index (χ1n) is 4.90. The minimum absolute atomic E-state index is 0.0247. The third-order valence-electron chi connectivity index (χ3n) is 2.21. The van der Waals surface area contributed by atoms with Gasteiger partial charge in [0.05, 0.1) is 11.9 Å². The van der Waals surface area contributed by atoms with Gasteiger partial charge in [0.2, 0.25) is 0 Å². The van der Waals surface area contributed by atoms with Crippen LogP contribution in [0.5, 0.6) is 0 Å². The van der Waals surface area contributed by atoms with Crippen molar-refractivity contribution in [1.82, 2.24) is 9.88 Å². The Morgan fingerprint density at radius 3 is 2.93 bits per heavy atom. The quantitative estimate of drug-likeness (QED) is 0.787. The van der Waals surface area contributed by atoms with Crippen LogP contribution in [0.2, 0.25) is 0 Å². The van der Waals surface area contributed by atoms with Gasteiger partial charge in [0.25, 0.3) is 0 Å². The van der Waals surface area contributed by atoms with E-state index in [1.54, 1.807) is 12.4 Å². The van der Waals surface area contributed by atoms with Crippen molar-refractivity contribution in [2.24, 2.45) is 0 Å². The third kappa shape index (κ3) is 2.86. The predicted octanol–water partition coefficient (Wildman–Crippen LogP) is 1.66. The fourth-order valence-electron chi connectivity index (χ4n) is 1.41. The molecular formula is C10H13N3OS. The molecule has 1 aromatic heterocycles. The van der Waals surface area contributed by atoms with Crippen molar-refractivity contribution in [1.29, 1.82) is 0 Å². The van der Waals surface area contributed by atoms with Crippen LogP contribution in [0, 0.1) is 0 Å². The van der Waals surface area contributed by atoms with Gasteiger partial charge in [0.15, 0.2) is 0 Å². The molecule has 5 heteroatoms. The zero-order valence-corrected chi connectivity index (χ0v) is 9.17. The lowest BCUT2D eigenvalue weighted by Gasteiger charge is -2.26. The maximum absolute atomic E-state index is 11.7. The van der Waals surface area contributed by atoms with E-state index in [4.69, 9.17) is 0 Å². The zero-order chi connectivity index (χ0) is 10.5. The van der Waals surface area contributed by atoms with E-state index in [-0.39, 0.29) is 6.03 Å². The molecule has 15 heavy (non-hydrogen) atoms. The average Bonchev–Trinajstić information content (AvgIpc) is 2.31. The number of carbonyl (C=O) groups excluding carboxylic acids is 1. The molecule has 80 valence electrons. The maximum atomic E-state index is 11.7. The molecular weight excluding hydrogens is 210 g/mol. The second-order valence-corrected chi connectivity index (χ2v) is 4.50. The van der Waals surface area contributed by atoms with Gasteiger partial charge < -0.3 is 10.2 Å². The Labute approximate surface area is 93.1 Å². The second-order valence-electron chi connectivity index (χ2n) is 3.27. The van der Waals surface area contributed by atoms with Crippen LogP contribution >= 0.6 is 11.8 Å². The van der Waals surface area contributed by atoms with Crippen molar-refractivity contribution in [2.45, 2.75) is 0 Å². The maximum Gasteiger partial charge on any atom is 0.321 e. The fraction of sp³-hybridized carbons (Fsp3) is 0.400. The number of thioether (sulfide) groups is 1. The lowest BCUT2D eigenvalue weighted by Crippen LogP contribution is -2.40. The van der Waals surface area contributed by atoms with E-state index in [2.05, 4.69) is 10.3 Å². The number of hydrogen-bond acceptors (Lipinski definition) is 3. The molecule has 0 unspecified atom stereocenters. The van der Waals surface area contributed by atoms with Crippen molar-refractivity contribution in [3.8, 4) is 0 Å². The smallest absolute Gasteiger partial charge is 0.321 e. The molecule has 1 aliphatic rings. The summed E-state index contributed by atoms with van der Waals surface area (Å²) in [7, 11) is 0. The Bertz CT molecular complexity index is 325. The zero-order valence-electron chi connectivity index (χ0n) is 8.35. The van der Waals surface area contributed by atoms with Gasteiger partial charge in [-0.05, 0) is 12.1 Å². The van der Waals surface area contributed by atoms with Crippen LogP contribution in [0.1, 0.15) is 0 Å². The number of nitrogens with one attached hydrogen (secondary N) is 1. The van der Waals surface area contributed by atoms with Crippen LogP contribution in [0.4, 0.5) is 10.5 Å². The first kappa shape index (κ1) is 10.3. The van der Waals surface area contributed by atoms with Crippen molar-refractivity contribution in [2.75, 3.05) is 29.9 Å². The minimum Gasteiger partial charge on any atom is -0.323 e. The van der Waals surface area contributed by atoms with Crippen molar-refractivity contribution >= 4 is 23.5 Å². The summed E-state index contributed by atoms with van der Waals surface area (Å²) in [5.74, 6) is 2.06. The Morgan fingerprint density at radius 2 is 2.27 bits per heavy atom. The SMILES string of the molecule is O=C(Nc1cccnc1)N1CCSCC1. The van der Waals surface area contributed by atoms with Crippen LogP contribution in [-0.2, 0) is 0 Å². The van der Waals surface area contributed by atoms with Gasteiger partial charge >= 0.3 is 6.03 Å². The van der Waals surface area contributed by atoms with Gasteiger partial charge in [-0.15, -0.1) is 0 Å². The van der Waals surface area contributed by atoms with Crippen LogP contribution in [-0.4, -0.2) is 40.5 Å². The lowest BCUT2D eigenvalue weighted by atomic mass is 10.4. The molecule has 1 fully saturated rings. The predicted molar refractivity (Wildman–Crippen MR) is 62.2 cm³/mol. The summed E-state index contributed by atoms with van der Waals surface area (Å²) >= 11 is 1.89. The molecule has 2 heterocycles. The van der Waals surface area contributed by atoms with E-state index >= 15 is 0 Å². The Kier molecular flexibility index (Phi) is 3.45. The Morgan fingerprint density at radius 1 is 1.47 bits per heavy atom. The van der Waals surface area contributed by atoms with Crippen molar-refractivity contribution < 1.29 is 4.79 Å². The fourth-order valence-corrected chi connectivity index (χ4v) is 2.31. The Balaban J connectivity index is 1.91. The number of hydrogen-bond donors (Lipinski definition) is 1. The molecule has 1 aliphatic heterocycles. The van der Waals surface area contributed by atoms with Crippen LogP contribution in [0.3, 0.4) is 0 Å². The molecule has 1 N–H and O–H groups in total. The van der Waals surface area contributed by atoms with Crippen molar-refractivity contribution in [3.63, 3.8) is 0 Å². The molecule has 2 amide bonds. The molecule has 0 aromatic carbocycles. The number of carbonyl (C=O) groups is 1. The van der Waals surface area contributed by atoms with Gasteiger partial charge in [0.1, 0.15) is 0 Å². The van der Waals surface area contributed by atoms with E-state index < -0.39 is 0 Å². The summed E-state index contributed by atoms with van der Waals surface area (Å²) in [6.45, 7) is 1.66. The Hall–Kier alpha value is -1.23. The third-order valence-corrected chi connectivity index (χ3v) is 3.15. The molecule has 4 nitrogen and oxygen atoms in total. The van der Waals surface area contributed by atoms with Gasteiger partial charge in [-0.25, -0.2) is 4.79 Å². The highest BCUT2D eigenvalue weighted by Gasteiger charge is 2.16. The molecule has 0 atom stereocenters. The summed E-state index contributed by atoms with van der Waals surface area (Å²) in [6, 6.07) is 3.62. The molecule has 0 saturated carbocycles. The highest BCUT2D eigenvalue weighted by molar-refractivity contribution is 7.99. The highest BCUT2D eigenvalue weighted by Crippen LogP contribution is 2.11. The van der Waals surface area contributed by atoms with E-state index in [0.29, 0.717) is 0 Å². The van der Waals surface area contributed by atoms with Crippen LogP contribution < -0.4 is 5.32 Å². The first-order chi connectivity index (χ1) is 7.36. The number of rotatable bonds is 1. The summed E-state index contributed by atoms with van der Waals surface area (Å²) in [4.78, 5) is 17.5. The molecule has 2 rings (SSSR count). The molecule has 0 spiro atoms. The summed E-state index contributed by atoms with van der Waals surface area (Å²) < 4.78 is 0. The van der Waals surface area contributed by atoms with E-state index in [1.807, 2.05) is 28.8 Å². The van der Waals surface area contributed by atoms with E-state index in [9.17, 15) is 4.79 Å². The molecule has 0 bridgehead atoms. The monoisotopic (exact) mass is 223 g/mol. The standard InChI is InChI=1S/C10H13N3OS/c14-10(13-4-6-15-7-5-13)12-9-2-1-3-11-8-9/h1-3,8H,4-7H2,(H,12,14).